The molecule has 6 heteroatoms. The molecule has 4 aromatic carbocycles. The number of carbonyl (C=O) groups excluding carboxylic acids is 1. The Morgan fingerprint density at radius 3 is 1.94 bits per heavy atom. The first-order valence-corrected chi connectivity index (χ1v) is 13.1. The van der Waals surface area contributed by atoms with Crippen LogP contribution in [0.1, 0.15) is 11.1 Å². The molecule has 2 nitrogen and oxygen atoms in total. The molecule has 0 N–H and O–H groups in total. The Kier molecular flexibility index (Phi) is 5.14. The van der Waals surface area contributed by atoms with Gasteiger partial charge in [0.1, 0.15) is 0 Å². The van der Waals surface area contributed by atoms with E-state index >= 15 is 0 Å². The van der Waals surface area contributed by atoms with Crippen molar-refractivity contribution >= 4 is 83.3 Å². The number of rotatable bonds is 4. The Labute approximate surface area is 210 Å². The number of hydrogen-bond donors (Lipinski definition) is 0. The maximum Gasteiger partial charge on any atom is 0.270 e. The first-order chi connectivity index (χ1) is 15.6. The van der Waals surface area contributed by atoms with E-state index in [-0.39, 0.29) is 5.91 Å². The molecule has 0 fully saturated rings. The maximum absolute atomic E-state index is 12.1. The van der Waals surface area contributed by atoms with Gasteiger partial charge in [-0.05, 0) is 71.6 Å². The van der Waals surface area contributed by atoms with E-state index in [0.717, 1.165) is 41.1 Å². The number of carbonyl (C=O) groups is 1. The van der Waals surface area contributed by atoms with Crippen LogP contribution in [0.3, 0.4) is 0 Å². The van der Waals surface area contributed by atoms with Crippen molar-refractivity contribution in [3.05, 3.63) is 98.9 Å². The van der Waals surface area contributed by atoms with Crippen molar-refractivity contribution in [2.24, 2.45) is 4.99 Å². The Bertz CT molecular complexity index is 1490. The molecule has 0 atom stereocenters. The van der Waals surface area contributed by atoms with Gasteiger partial charge < -0.3 is 0 Å². The summed E-state index contributed by atoms with van der Waals surface area (Å²) in [5.74, 6) is -0.175. The van der Waals surface area contributed by atoms with Gasteiger partial charge in [-0.3, -0.25) is 4.79 Å². The van der Waals surface area contributed by atoms with Crippen LogP contribution < -0.4 is 0 Å². The molecule has 0 radical (unpaired) electrons. The molecule has 0 aromatic heterocycles. The third kappa shape index (κ3) is 3.50. The lowest BCUT2D eigenvalue weighted by atomic mass is 10.0. The van der Waals surface area contributed by atoms with Gasteiger partial charge in [-0.1, -0.05) is 67.5 Å². The summed E-state index contributed by atoms with van der Waals surface area (Å²) in [5, 5.41) is 2.38. The summed E-state index contributed by atoms with van der Waals surface area (Å²) in [6.45, 7) is 0. The summed E-state index contributed by atoms with van der Waals surface area (Å²) >= 11 is 10.5. The largest absolute Gasteiger partial charge is 0.270 e. The Balaban J connectivity index is 1.52. The zero-order chi connectivity index (χ0) is 21.8. The summed E-state index contributed by atoms with van der Waals surface area (Å²) < 4.78 is 2.12. The van der Waals surface area contributed by atoms with E-state index in [1.165, 1.54) is 20.6 Å². The molecular formula is C26H13Br2NOS2. The number of benzene rings is 4. The molecule has 1 aliphatic heterocycles. The number of allylic oxidation sites excluding steroid dienone is 1. The zero-order valence-electron chi connectivity index (χ0n) is 16.4. The van der Waals surface area contributed by atoms with Crippen LogP contribution in [0, 0.1) is 0 Å². The number of halogens is 2. The highest BCUT2D eigenvalue weighted by atomic mass is 79.9. The first-order valence-electron chi connectivity index (χ1n) is 9.89. The highest BCUT2D eigenvalue weighted by Crippen LogP contribution is 2.48. The van der Waals surface area contributed by atoms with Gasteiger partial charge in [0.15, 0.2) is 0 Å². The molecule has 0 saturated carbocycles. The minimum absolute atomic E-state index is 0.175. The van der Waals surface area contributed by atoms with Gasteiger partial charge in [0, 0.05) is 51.1 Å². The van der Waals surface area contributed by atoms with Crippen LogP contribution in [0.2, 0.25) is 0 Å². The number of fused-ring (bicyclic) bond motifs is 3. The van der Waals surface area contributed by atoms with Crippen LogP contribution >= 0.6 is 55.4 Å². The molecule has 1 heterocycles. The van der Waals surface area contributed by atoms with Crippen LogP contribution in [-0.4, -0.2) is 11.6 Å². The van der Waals surface area contributed by atoms with Crippen molar-refractivity contribution in [1.29, 1.82) is 0 Å². The van der Waals surface area contributed by atoms with Crippen molar-refractivity contribution in [3.8, 4) is 0 Å². The molecule has 0 spiro atoms. The predicted octanol–water partition coefficient (Wildman–Crippen LogP) is 8.39. The average Bonchev–Trinajstić information content (AvgIpc) is 3.31. The molecule has 4 aromatic rings. The summed E-state index contributed by atoms with van der Waals surface area (Å²) in [6, 6.07) is 25.3. The van der Waals surface area contributed by atoms with E-state index in [4.69, 9.17) is 0 Å². The predicted molar refractivity (Wildman–Crippen MR) is 140 cm³/mol. The minimum atomic E-state index is -0.175. The van der Waals surface area contributed by atoms with Gasteiger partial charge >= 0.3 is 0 Å². The average molecular weight is 579 g/mol. The van der Waals surface area contributed by atoms with Crippen molar-refractivity contribution in [1.82, 2.24) is 0 Å². The molecule has 2 aliphatic rings. The van der Waals surface area contributed by atoms with E-state index in [1.54, 1.807) is 29.6 Å². The molecular weight excluding hydrogens is 566 g/mol. The van der Waals surface area contributed by atoms with Gasteiger partial charge in [-0.15, -0.1) is 0 Å². The third-order valence-electron chi connectivity index (χ3n) is 5.46. The molecule has 154 valence electrons. The van der Waals surface area contributed by atoms with Crippen molar-refractivity contribution in [2.45, 2.75) is 19.6 Å². The molecule has 32 heavy (non-hydrogen) atoms. The van der Waals surface area contributed by atoms with Crippen LogP contribution in [-0.2, 0) is 4.79 Å². The monoisotopic (exact) mass is 577 g/mol. The molecule has 1 aliphatic carbocycles. The van der Waals surface area contributed by atoms with E-state index in [9.17, 15) is 4.79 Å². The van der Waals surface area contributed by atoms with Crippen LogP contribution in [0.25, 0.3) is 16.3 Å². The lowest BCUT2D eigenvalue weighted by Gasteiger charge is -2.12. The van der Waals surface area contributed by atoms with Crippen molar-refractivity contribution in [3.63, 3.8) is 0 Å². The quantitative estimate of drug-likeness (QED) is 0.243. The Morgan fingerprint density at radius 1 is 0.688 bits per heavy atom. The molecule has 1 amide bonds. The summed E-state index contributed by atoms with van der Waals surface area (Å²) in [5.41, 5.74) is 3.92. The summed E-state index contributed by atoms with van der Waals surface area (Å²) in [6.07, 6.45) is 1.67. The van der Waals surface area contributed by atoms with Gasteiger partial charge in [-0.2, -0.15) is 0 Å². The Hall–Kier alpha value is -2.12. The maximum atomic E-state index is 12.1. The smallest absolute Gasteiger partial charge is 0.267 e. The normalized spacial score (nSPS) is 14.0. The van der Waals surface area contributed by atoms with Gasteiger partial charge in [0.2, 0.25) is 0 Å². The number of hydrogen-bond acceptors (Lipinski definition) is 3. The second-order valence-electron chi connectivity index (χ2n) is 7.44. The molecule has 0 saturated heterocycles. The fourth-order valence-electron chi connectivity index (χ4n) is 4.08. The lowest BCUT2D eigenvalue weighted by molar-refractivity contribution is -0.113. The number of nitrogens with zero attached hydrogens (tertiary/aromatic N) is 1. The van der Waals surface area contributed by atoms with Gasteiger partial charge in [0.05, 0.1) is 5.71 Å². The van der Waals surface area contributed by atoms with E-state index in [1.807, 2.05) is 12.1 Å². The van der Waals surface area contributed by atoms with Gasteiger partial charge in [-0.25, -0.2) is 4.99 Å². The summed E-state index contributed by atoms with van der Waals surface area (Å²) in [7, 11) is 0. The number of aliphatic imine (C=N–C) groups is 1. The zero-order valence-corrected chi connectivity index (χ0v) is 21.2. The van der Waals surface area contributed by atoms with Crippen LogP contribution in [0.5, 0.6) is 0 Å². The highest BCUT2D eigenvalue weighted by molar-refractivity contribution is 9.10. The molecule has 0 bridgehead atoms. The molecule has 6 rings (SSSR count). The molecule has 0 unspecified atom stereocenters. The first kappa shape index (κ1) is 20.5. The van der Waals surface area contributed by atoms with E-state index in [0.29, 0.717) is 0 Å². The minimum Gasteiger partial charge on any atom is -0.267 e. The number of amides is 1. The Morgan fingerprint density at radius 2 is 1.28 bits per heavy atom. The van der Waals surface area contributed by atoms with Crippen molar-refractivity contribution < 1.29 is 4.79 Å². The highest BCUT2D eigenvalue weighted by Gasteiger charge is 2.33. The van der Waals surface area contributed by atoms with Gasteiger partial charge in [0.25, 0.3) is 5.91 Å². The van der Waals surface area contributed by atoms with E-state index in [2.05, 4.69) is 97.5 Å². The van der Waals surface area contributed by atoms with E-state index < -0.39 is 0 Å². The second-order valence-corrected chi connectivity index (χ2v) is 11.5. The summed E-state index contributed by atoms with van der Waals surface area (Å²) in [4.78, 5) is 21.2. The van der Waals surface area contributed by atoms with Crippen LogP contribution in [0.15, 0.2) is 112 Å². The third-order valence-corrected chi connectivity index (χ3v) is 8.67. The second kappa shape index (κ2) is 8.03. The topological polar surface area (TPSA) is 29.4 Å². The van der Waals surface area contributed by atoms with Crippen LogP contribution in [0.4, 0.5) is 0 Å². The SMILES string of the molecule is O=C1C=C2C(=N1)c1c(Sc3ccc(Br)cc3)ccc3c(Sc4ccc(Br)cc4)ccc2c13. The standard InChI is InChI=1S/C26H13Br2NOS2/c27-14-1-5-16(6-2-14)31-21-11-9-18-20-13-23(30)29-26(20)25-22(12-10-19(21)24(18)25)32-17-7-3-15(28)4-8-17/h1-13H. The fourth-order valence-corrected chi connectivity index (χ4v) is 6.52. The fraction of sp³-hybridized carbons (Fsp3) is 0. The lowest BCUT2D eigenvalue weighted by Crippen LogP contribution is -1.96. The van der Waals surface area contributed by atoms with Crippen molar-refractivity contribution in [2.75, 3.05) is 0 Å².